The molecule has 0 bridgehead atoms. The summed E-state index contributed by atoms with van der Waals surface area (Å²) in [6.45, 7) is 16.9. The molecule has 3 amide bonds. The van der Waals surface area contributed by atoms with E-state index in [0.717, 1.165) is 47.9 Å². The summed E-state index contributed by atoms with van der Waals surface area (Å²) in [5.74, 6) is -1.22. The molecule has 3 aliphatic heterocycles. The van der Waals surface area contributed by atoms with Crippen LogP contribution in [0.2, 0.25) is 0 Å². The molecule has 0 saturated carbocycles. The second-order valence-electron chi connectivity index (χ2n) is 15.8. The van der Waals surface area contributed by atoms with Gasteiger partial charge in [0.25, 0.3) is 0 Å². The summed E-state index contributed by atoms with van der Waals surface area (Å²) in [7, 11) is 0. The number of benzene rings is 1. The van der Waals surface area contributed by atoms with Crippen molar-refractivity contribution in [1.82, 2.24) is 30.3 Å². The molecule has 48 heavy (non-hydrogen) atoms. The maximum Gasteiger partial charge on any atom is 0.320 e. The third kappa shape index (κ3) is 8.60. The Bertz CT molecular complexity index is 1500. The molecule has 3 atom stereocenters. The van der Waals surface area contributed by atoms with Gasteiger partial charge in [0.1, 0.15) is 17.7 Å². The zero-order valence-corrected chi connectivity index (χ0v) is 30.0. The van der Waals surface area contributed by atoms with Crippen molar-refractivity contribution in [1.29, 1.82) is 0 Å². The van der Waals surface area contributed by atoms with Crippen molar-refractivity contribution < 1.29 is 29.0 Å². The van der Waals surface area contributed by atoms with Gasteiger partial charge in [0, 0.05) is 51.1 Å². The van der Waals surface area contributed by atoms with Crippen LogP contribution in [0.5, 0.6) is 0 Å². The lowest BCUT2D eigenvalue weighted by Gasteiger charge is -2.60. The number of nitrogens with one attached hydrogen (secondary N) is 2. The van der Waals surface area contributed by atoms with Gasteiger partial charge in [-0.1, -0.05) is 45.0 Å². The van der Waals surface area contributed by atoms with Gasteiger partial charge < -0.3 is 25.4 Å². The summed E-state index contributed by atoms with van der Waals surface area (Å²) in [5.41, 5.74) is 3.71. The largest absolute Gasteiger partial charge is 0.459 e. The number of hydrogen-bond donors (Lipinski definition) is 3. The minimum Gasteiger partial charge on any atom is -0.459 e. The van der Waals surface area contributed by atoms with E-state index in [-0.39, 0.29) is 61.7 Å². The molecule has 3 saturated heterocycles. The first-order valence-corrected chi connectivity index (χ1v) is 17.5. The molecule has 5 rings (SSSR count). The number of rotatable bonds is 10. The van der Waals surface area contributed by atoms with Crippen LogP contribution in [0, 0.1) is 17.8 Å². The highest BCUT2D eigenvalue weighted by molar-refractivity contribution is 7.13. The first-order valence-electron chi connectivity index (χ1n) is 16.6. The van der Waals surface area contributed by atoms with E-state index in [1.165, 1.54) is 4.90 Å². The van der Waals surface area contributed by atoms with Gasteiger partial charge in [-0.15, -0.1) is 11.3 Å². The quantitative estimate of drug-likeness (QED) is 0.322. The van der Waals surface area contributed by atoms with Crippen LogP contribution in [0.3, 0.4) is 0 Å². The number of hydrogen-bond acceptors (Lipinski definition) is 10. The van der Waals surface area contributed by atoms with E-state index in [9.17, 15) is 24.3 Å². The van der Waals surface area contributed by atoms with E-state index in [1.807, 2.05) is 83.1 Å². The van der Waals surface area contributed by atoms with E-state index in [1.54, 1.807) is 11.3 Å². The number of carbonyl (C=O) groups excluding carboxylic acids is 4. The zero-order chi connectivity index (χ0) is 35.0. The van der Waals surface area contributed by atoms with Crippen molar-refractivity contribution >= 4 is 35.0 Å². The van der Waals surface area contributed by atoms with E-state index < -0.39 is 29.2 Å². The highest BCUT2D eigenvalue weighted by atomic mass is 32.1. The molecule has 1 aromatic carbocycles. The Labute approximate surface area is 287 Å². The number of ether oxygens (including phenoxy) is 1. The minimum absolute atomic E-state index is 0.0245. The summed E-state index contributed by atoms with van der Waals surface area (Å²) in [6, 6.07) is 6.19. The topological polar surface area (TPSA) is 144 Å². The van der Waals surface area contributed by atoms with Gasteiger partial charge in [-0.2, -0.15) is 0 Å². The summed E-state index contributed by atoms with van der Waals surface area (Å²) in [4.78, 5) is 63.6. The van der Waals surface area contributed by atoms with Crippen LogP contribution in [0.4, 0.5) is 0 Å². The lowest BCUT2D eigenvalue weighted by Crippen LogP contribution is -2.73. The third-order valence-electron chi connectivity index (χ3n) is 9.09. The van der Waals surface area contributed by atoms with Crippen LogP contribution in [0.1, 0.15) is 59.2 Å². The average Bonchev–Trinajstić information content (AvgIpc) is 3.56. The molecular weight excluding hydrogens is 632 g/mol. The number of aryl methyl sites for hydroxylation is 1. The molecule has 12 nitrogen and oxygen atoms in total. The molecule has 3 N–H and O–H groups in total. The zero-order valence-electron chi connectivity index (χ0n) is 29.2. The molecule has 3 aliphatic rings. The molecule has 3 fully saturated rings. The van der Waals surface area contributed by atoms with Gasteiger partial charge in [-0.05, 0) is 44.2 Å². The molecule has 1 unspecified atom stereocenters. The molecular formula is C35H50N6O6S. The number of nitrogens with zero attached hydrogens (tertiary/aromatic N) is 4. The van der Waals surface area contributed by atoms with Crippen LogP contribution < -0.4 is 10.6 Å². The number of esters is 1. The van der Waals surface area contributed by atoms with Crippen molar-refractivity contribution in [2.45, 2.75) is 85.2 Å². The molecule has 0 radical (unpaired) electrons. The van der Waals surface area contributed by atoms with E-state index >= 15 is 0 Å². The summed E-state index contributed by atoms with van der Waals surface area (Å²) in [5, 5.41) is 16.4. The van der Waals surface area contributed by atoms with E-state index in [4.69, 9.17) is 4.74 Å². The summed E-state index contributed by atoms with van der Waals surface area (Å²) in [6.07, 6.45) is -0.704. The predicted molar refractivity (Wildman–Crippen MR) is 183 cm³/mol. The van der Waals surface area contributed by atoms with Crippen LogP contribution in [-0.2, 0) is 30.5 Å². The fraction of sp³-hybridized carbons (Fsp3) is 0.629. The fourth-order valence-electron chi connectivity index (χ4n) is 6.97. The van der Waals surface area contributed by atoms with Gasteiger partial charge in [-0.3, -0.25) is 29.0 Å². The predicted octanol–water partition coefficient (Wildman–Crippen LogP) is 2.19. The average molecular weight is 683 g/mol. The highest BCUT2D eigenvalue weighted by Crippen LogP contribution is 2.39. The van der Waals surface area contributed by atoms with Gasteiger partial charge in [0.05, 0.1) is 35.3 Å². The Morgan fingerprint density at radius 1 is 1.02 bits per heavy atom. The van der Waals surface area contributed by atoms with Crippen LogP contribution in [-0.4, -0.2) is 118 Å². The van der Waals surface area contributed by atoms with Crippen molar-refractivity contribution in [3.63, 3.8) is 0 Å². The first kappa shape index (κ1) is 35.9. The number of thiazole rings is 1. The lowest BCUT2D eigenvalue weighted by molar-refractivity contribution is -0.166. The van der Waals surface area contributed by atoms with Crippen LogP contribution in [0.25, 0.3) is 10.4 Å². The van der Waals surface area contributed by atoms with E-state index in [0.29, 0.717) is 0 Å². The number of aromatic nitrogens is 1. The van der Waals surface area contributed by atoms with Gasteiger partial charge >= 0.3 is 5.97 Å². The van der Waals surface area contributed by atoms with Crippen LogP contribution >= 0.6 is 11.3 Å². The molecule has 1 aromatic heterocycles. The molecule has 262 valence electrons. The Balaban J connectivity index is 1.11. The normalized spacial score (nSPS) is 21.7. The number of β-amino-alcohol motifs (C(OH)–C–C–N with tert-alkyl or cyclic N) is 1. The monoisotopic (exact) mass is 682 g/mol. The minimum atomic E-state index is -0.878. The lowest BCUT2D eigenvalue weighted by atomic mass is 9.73. The number of carbonyl (C=O) groups is 4. The summed E-state index contributed by atoms with van der Waals surface area (Å²) < 4.78 is 5.42. The molecule has 0 aliphatic carbocycles. The smallest absolute Gasteiger partial charge is 0.320 e. The van der Waals surface area contributed by atoms with Gasteiger partial charge in [0.15, 0.2) is 0 Å². The summed E-state index contributed by atoms with van der Waals surface area (Å²) >= 11 is 1.58. The Hall–Kier alpha value is -3.39. The maximum atomic E-state index is 13.9. The van der Waals surface area contributed by atoms with E-state index in [2.05, 4.69) is 20.5 Å². The number of aliphatic hydroxyl groups is 1. The van der Waals surface area contributed by atoms with Crippen molar-refractivity contribution in [2.24, 2.45) is 10.8 Å². The van der Waals surface area contributed by atoms with Crippen molar-refractivity contribution in [2.75, 3.05) is 45.8 Å². The standard InChI is InChI=1S/C35H50N6O6S/c1-22-29(48-21-37-22)24-10-8-23(9-11-24)13-36-31(45)26-12-25(42)14-41(26)32(46)30(33(2,3)4)38-27(43)15-39-17-35(18-39)19-40(20-35)16-28(44)47-34(5,6)7/h8-11,21,25-26,30,42H,12-20H2,1-7H3,(H,36,45)(H,38,43)/t25-,26+,30?/m1/s1. The van der Waals surface area contributed by atoms with Crippen LogP contribution in [0.15, 0.2) is 29.8 Å². The Kier molecular flexibility index (Phi) is 10.4. The van der Waals surface area contributed by atoms with Gasteiger partial charge in [-0.25, -0.2) is 4.98 Å². The molecule has 1 spiro atoms. The fourth-order valence-corrected chi connectivity index (χ4v) is 7.79. The number of aliphatic hydroxyl groups excluding tert-OH is 1. The SMILES string of the molecule is Cc1ncsc1-c1ccc(CNC(=O)[C@@H]2C[C@@H](O)CN2C(=O)C(NC(=O)CN2CC3(C2)CN(CC(=O)OC(C)(C)C)C3)C(C)(C)C)cc1. The Morgan fingerprint density at radius 3 is 2.21 bits per heavy atom. The van der Waals surface area contributed by atoms with Crippen molar-refractivity contribution in [3.05, 3.63) is 41.0 Å². The maximum absolute atomic E-state index is 13.9. The molecule has 13 heteroatoms. The first-order chi connectivity index (χ1) is 22.4. The van der Waals surface area contributed by atoms with Crippen molar-refractivity contribution in [3.8, 4) is 10.4 Å². The Morgan fingerprint density at radius 2 is 1.65 bits per heavy atom. The number of amides is 3. The van der Waals surface area contributed by atoms with Gasteiger partial charge in [0.2, 0.25) is 17.7 Å². The highest BCUT2D eigenvalue weighted by Gasteiger charge is 2.52. The molecule has 2 aromatic rings. The second-order valence-corrected chi connectivity index (χ2v) is 16.7. The third-order valence-corrected chi connectivity index (χ3v) is 10.1. The second kappa shape index (κ2) is 13.9. The number of likely N-dealkylation sites (tertiary alicyclic amines) is 3. The molecule has 4 heterocycles.